The zero-order valence-electron chi connectivity index (χ0n) is 13.5. The molecule has 112 valence electrons. The minimum absolute atomic E-state index is 0.0985. The second-order valence-corrected chi connectivity index (χ2v) is 6.16. The van der Waals surface area contributed by atoms with Gasteiger partial charge in [0.05, 0.1) is 0 Å². The van der Waals surface area contributed by atoms with Crippen LogP contribution in [0.3, 0.4) is 0 Å². The summed E-state index contributed by atoms with van der Waals surface area (Å²) in [6.45, 7) is 4.29. The van der Waals surface area contributed by atoms with Gasteiger partial charge in [-0.1, -0.05) is 66.7 Å². The third kappa shape index (κ3) is 2.29. The van der Waals surface area contributed by atoms with Gasteiger partial charge in [0, 0.05) is 6.21 Å². The van der Waals surface area contributed by atoms with Gasteiger partial charge in [0.15, 0.2) is 0 Å². The Hall–Kier alpha value is -2.67. The zero-order chi connectivity index (χ0) is 15.8. The van der Waals surface area contributed by atoms with E-state index in [4.69, 9.17) is 4.99 Å². The molecule has 0 aromatic heterocycles. The molecule has 1 nitrogen and oxygen atoms in total. The molecule has 1 aliphatic rings. The normalized spacial score (nSPS) is 13.3. The second kappa shape index (κ2) is 5.51. The van der Waals surface area contributed by atoms with Gasteiger partial charge in [-0.15, -0.1) is 0 Å². The van der Waals surface area contributed by atoms with E-state index in [0.717, 1.165) is 0 Å². The number of hydrogen-bond donors (Lipinski definition) is 0. The predicted octanol–water partition coefficient (Wildman–Crippen LogP) is 5.49. The maximum absolute atomic E-state index is 4.97. The van der Waals surface area contributed by atoms with Crippen LogP contribution in [0.25, 0.3) is 11.1 Å². The van der Waals surface area contributed by atoms with E-state index in [-0.39, 0.29) is 6.04 Å². The third-order valence-corrected chi connectivity index (χ3v) is 4.70. The van der Waals surface area contributed by atoms with Crippen molar-refractivity contribution in [3.8, 4) is 11.1 Å². The molecule has 0 aliphatic heterocycles. The number of fused-ring (bicyclic) bond motifs is 3. The summed E-state index contributed by atoms with van der Waals surface area (Å²) >= 11 is 0. The van der Waals surface area contributed by atoms with Crippen LogP contribution in [0.5, 0.6) is 0 Å². The van der Waals surface area contributed by atoms with Gasteiger partial charge in [0.1, 0.15) is 6.04 Å². The smallest absolute Gasteiger partial charge is 0.101 e. The van der Waals surface area contributed by atoms with E-state index in [9.17, 15) is 0 Å². The summed E-state index contributed by atoms with van der Waals surface area (Å²) in [6.07, 6.45) is 2.05. The molecule has 3 aromatic carbocycles. The van der Waals surface area contributed by atoms with Crippen molar-refractivity contribution < 1.29 is 0 Å². The van der Waals surface area contributed by atoms with Crippen molar-refractivity contribution in [3.05, 3.63) is 94.5 Å². The maximum Gasteiger partial charge on any atom is 0.101 e. The van der Waals surface area contributed by atoms with Crippen molar-refractivity contribution in [1.29, 1.82) is 0 Å². The van der Waals surface area contributed by atoms with Crippen LogP contribution >= 0.6 is 0 Å². The molecule has 0 atom stereocenters. The van der Waals surface area contributed by atoms with E-state index in [1.165, 1.54) is 38.9 Å². The first kappa shape index (κ1) is 14.0. The summed E-state index contributed by atoms with van der Waals surface area (Å²) in [5.41, 5.74) is 9.00. The average molecular weight is 297 g/mol. The molecule has 0 unspecified atom stereocenters. The van der Waals surface area contributed by atoms with Crippen LogP contribution in [0, 0.1) is 13.8 Å². The Balaban J connectivity index is 1.82. The minimum atomic E-state index is 0.0985. The van der Waals surface area contributed by atoms with E-state index in [1.807, 2.05) is 6.21 Å². The van der Waals surface area contributed by atoms with Gasteiger partial charge in [-0.25, -0.2) is 0 Å². The summed E-state index contributed by atoms with van der Waals surface area (Å²) in [6, 6.07) is 23.7. The van der Waals surface area contributed by atoms with Crippen LogP contribution in [0.2, 0.25) is 0 Å². The quantitative estimate of drug-likeness (QED) is 0.554. The fourth-order valence-corrected chi connectivity index (χ4v) is 3.47. The highest BCUT2D eigenvalue weighted by molar-refractivity contribution is 5.86. The summed E-state index contributed by atoms with van der Waals surface area (Å²) in [7, 11) is 0. The van der Waals surface area contributed by atoms with Gasteiger partial charge in [0.2, 0.25) is 0 Å². The molecule has 4 rings (SSSR count). The highest BCUT2D eigenvalue weighted by atomic mass is 14.8. The highest BCUT2D eigenvalue weighted by Crippen LogP contribution is 2.45. The van der Waals surface area contributed by atoms with Crippen LogP contribution in [-0.4, -0.2) is 6.21 Å². The summed E-state index contributed by atoms with van der Waals surface area (Å²) in [5, 5.41) is 0. The summed E-state index contributed by atoms with van der Waals surface area (Å²) in [5.74, 6) is 0. The number of hydrogen-bond acceptors (Lipinski definition) is 1. The first-order valence-corrected chi connectivity index (χ1v) is 8.03. The predicted molar refractivity (Wildman–Crippen MR) is 97.2 cm³/mol. The average Bonchev–Trinajstić information content (AvgIpc) is 2.89. The van der Waals surface area contributed by atoms with Crippen LogP contribution in [0.4, 0.5) is 0 Å². The molecule has 0 saturated heterocycles. The standard InChI is InChI=1S/C22H19N/c1-15-8-7-9-16(2)21(15)14-23-22-19-12-5-3-10-17(19)18-11-4-6-13-20(18)22/h3-14,22H,1-2H3/b23-14+. The first-order chi connectivity index (χ1) is 11.3. The van der Waals surface area contributed by atoms with Crippen molar-refractivity contribution in [2.75, 3.05) is 0 Å². The Morgan fingerprint density at radius 3 is 1.78 bits per heavy atom. The number of benzene rings is 3. The van der Waals surface area contributed by atoms with Crippen molar-refractivity contribution in [1.82, 2.24) is 0 Å². The molecule has 0 fully saturated rings. The lowest BCUT2D eigenvalue weighted by molar-refractivity contribution is 0.907. The lowest BCUT2D eigenvalue weighted by atomic mass is 10.0. The first-order valence-electron chi connectivity index (χ1n) is 8.03. The maximum atomic E-state index is 4.97. The van der Waals surface area contributed by atoms with Crippen LogP contribution in [0.15, 0.2) is 71.7 Å². The van der Waals surface area contributed by atoms with Gasteiger partial charge in [0.25, 0.3) is 0 Å². The zero-order valence-corrected chi connectivity index (χ0v) is 13.5. The molecular weight excluding hydrogens is 278 g/mol. The molecule has 0 heterocycles. The molecule has 0 bridgehead atoms. The molecule has 1 aliphatic carbocycles. The fourth-order valence-electron chi connectivity index (χ4n) is 3.47. The lowest BCUT2D eigenvalue weighted by Gasteiger charge is -2.09. The Morgan fingerprint density at radius 2 is 1.22 bits per heavy atom. The van der Waals surface area contributed by atoms with Crippen molar-refractivity contribution in [2.45, 2.75) is 19.9 Å². The van der Waals surface area contributed by atoms with Gasteiger partial charge < -0.3 is 0 Å². The Labute approximate surface area is 137 Å². The third-order valence-electron chi connectivity index (χ3n) is 4.70. The number of aliphatic imine (C=N–C) groups is 1. The van der Waals surface area contributed by atoms with Gasteiger partial charge in [-0.2, -0.15) is 0 Å². The van der Waals surface area contributed by atoms with Crippen molar-refractivity contribution >= 4 is 6.21 Å². The monoisotopic (exact) mass is 297 g/mol. The highest BCUT2D eigenvalue weighted by Gasteiger charge is 2.26. The topological polar surface area (TPSA) is 12.4 Å². The Bertz CT molecular complexity index is 840. The molecule has 1 heteroatoms. The largest absolute Gasteiger partial charge is 0.280 e. The molecule has 0 spiro atoms. The molecule has 0 amide bonds. The van der Waals surface area contributed by atoms with Crippen LogP contribution in [-0.2, 0) is 0 Å². The number of nitrogens with zero attached hydrogens (tertiary/aromatic N) is 1. The van der Waals surface area contributed by atoms with Gasteiger partial charge >= 0.3 is 0 Å². The molecular formula is C22H19N. The van der Waals surface area contributed by atoms with E-state index >= 15 is 0 Å². The number of rotatable bonds is 2. The Kier molecular flexibility index (Phi) is 3.34. The lowest BCUT2D eigenvalue weighted by Crippen LogP contribution is -1.97. The van der Waals surface area contributed by atoms with Crippen LogP contribution in [0.1, 0.15) is 33.9 Å². The minimum Gasteiger partial charge on any atom is -0.280 e. The summed E-state index contributed by atoms with van der Waals surface area (Å²) < 4.78 is 0. The summed E-state index contributed by atoms with van der Waals surface area (Å²) in [4.78, 5) is 4.97. The van der Waals surface area contributed by atoms with Crippen molar-refractivity contribution in [3.63, 3.8) is 0 Å². The van der Waals surface area contributed by atoms with Gasteiger partial charge in [-0.05, 0) is 52.8 Å². The number of aryl methyl sites for hydroxylation is 2. The van der Waals surface area contributed by atoms with E-state index in [0.29, 0.717) is 0 Å². The second-order valence-electron chi connectivity index (χ2n) is 6.16. The Morgan fingerprint density at radius 1 is 0.696 bits per heavy atom. The van der Waals surface area contributed by atoms with E-state index < -0.39 is 0 Å². The molecule has 0 N–H and O–H groups in total. The molecule has 0 saturated carbocycles. The van der Waals surface area contributed by atoms with E-state index in [2.05, 4.69) is 80.6 Å². The molecule has 0 radical (unpaired) electrons. The van der Waals surface area contributed by atoms with E-state index in [1.54, 1.807) is 0 Å². The van der Waals surface area contributed by atoms with Crippen LogP contribution < -0.4 is 0 Å². The molecule has 23 heavy (non-hydrogen) atoms. The van der Waals surface area contributed by atoms with Crippen molar-refractivity contribution in [2.24, 2.45) is 4.99 Å². The SMILES string of the molecule is Cc1cccc(C)c1/C=N/C1c2ccccc2-c2ccccc21. The fraction of sp³-hybridized carbons (Fsp3) is 0.136. The van der Waals surface area contributed by atoms with Gasteiger partial charge in [-0.3, -0.25) is 4.99 Å². The molecule has 3 aromatic rings.